The number of likely N-dealkylation sites (N-methyl/N-ethyl adjacent to an activating group) is 2. The average molecular weight is 128 g/mol. The molecule has 0 unspecified atom stereocenters. The molecular formula is C7H16N2. The van der Waals surface area contributed by atoms with Gasteiger partial charge in [0.1, 0.15) is 0 Å². The highest BCUT2D eigenvalue weighted by Gasteiger charge is 2.15. The molecule has 0 bridgehead atoms. The Morgan fingerprint density at radius 1 is 1.00 bits per heavy atom. The molecule has 0 radical (unpaired) electrons. The predicted octanol–water partition coefficient (Wildman–Crippen LogP) is 0.601. The Morgan fingerprint density at radius 2 is 1.44 bits per heavy atom. The van der Waals surface area contributed by atoms with E-state index >= 15 is 0 Å². The lowest BCUT2D eigenvalue weighted by atomic mass is 10.6. The van der Waals surface area contributed by atoms with Crippen LogP contribution >= 0.6 is 0 Å². The fourth-order valence-corrected chi connectivity index (χ4v) is 1.22. The van der Waals surface area contributed by atoms with E-state index in [0.717, 1.165) is 0 Å². The van der Waals surface area contributed by atoms with Crippen molar-refractivity contribution in [3.05, 3.63) is 0 Å². The zero-order valence-corrected chi connectivity index (χ0v) is 6.43. The maximum Gasteiger partial charge on any atom is 0.0507 e. The first-order valence-corrected chi connectivity index (χ1v) is 3.81. The molecule has 1 heterocycles. The summed E-state index contributed by atoms with van der Waals surface area (Å²) in [5.41, 5.74) is 0. The standard InChI is InChI=1S/C7H16N2/c1-3-8-5-6-9(4-2)7-8/h3-7H2,1-2H3. The summed E-state index contributed by atoms with van der Waals surface area (Å²) in [5.74, 6) is 0. The molecule has 0 amide bonds. The smallest absolute Gasteiger partial charge is 0.0507 e. The molecule has 0 spiro atoms. The molecule has 1 saturated heterocycles. The van der Waals surface area contributed by atoms with Crippen LogP contribution in [0.4, 0.5) is 0 Å². The molecule has 1 aliphatic heterocycles. The molecule has 0 aromatic carbocycles. The molecule has 0 aliphatic carbocycles. The second-order valence-corrected chi connectivity index (χ2v) is 2.56. The lowest BCUT2D eigenvalue weighted by molar-refractivity contribution is 0.262. The van der Waals surface area contributed by atoms with Gasteiger partial charge in [0.05, 0.1) is 6.67 Å². The van der Waals surface area contributed by atoms with E-state index < -0.39 is 0 Å². The van der Waals surface area contributed by atoms with E-state index in [9.17, 15) is 0 Å². The summed E-state index contributed by atoms with van der Waals surface area (Å²) >= 11 is 0. The SMILES string of the molecule is CCN1CCN(CC)C1. The summed E-state index contributed by atoms with van der Waals surface area (Å²) in [6.07, 6.45) is 0. The molecule has 0 aromatic heterocycles. The molecule has 1 fully saturated rings. The van der Waals surface area contributed by atoms with Gasteiger partial charge < -0.3 is 0 Å². The van der Waals surface area contributed by atoms with E-state index in [1.807, 2.05) is 0 Å². The molecule has 1 aliphatic rings. The Bertz CT molecular complexity index is 73.0. The average Bonchev–Trinajstić information content (AvgIpc) is 2.34. The van der Waals surface area contributed by atoms with Gasteiger partial charge >= 0.3 is 0 Å². The minimum atomic E-state index is 1.19. The van der Waals surface area contributed by atoms with Crippen molar-refractivity contribution in [3.63, 3.8) is 0 Å². The first-order valence-electron chi connectivity index (χ1n) is 3.81. The van der Waals surface area contributed by atoms with E-state index in [4.69, 9.17) is 0 Å². The topological polar surface area (TPSA) is 6.48 Å². The Labute approximate surface area is 57.4 Å². The number of hydrogen-bond donors (Lipinski definition) is 0. The van der Waals surface area contributed by atoms with Gasteiger partial charge in [-0.1, -0.05) is 13.8 Å². The van der Waals surface area contributed by atoms with Gasteiger partial charge in [-0.3, -0.25) is 9.80 Å². The van der Waals surface area contributed by atoms with E-state index in [0.29, 0.717) is 0 Å². The van der Waals surface area contributed by atoms with Crippen LogP contribution in [-0.2, 0) is 0 Å². The zero-order chi connectivity index (χ0) is 6.69. The quantitative estimate of drug-likeness (QED) is 0.537. The van der Waals surface area contributed by atoms with Gasteiger partial charge in [-0.15, -0.1) is 0 Å². The highest BCUT2D eigenvalue weighted by Crippen LogP contribution is 2.01. The van der Waals surface area contributed by atoms with Crippen LogP contribution < -0.4 is 0 Å². The maximum atomic E-state index is 2.46. The number of rotatable bonds is 2. The van der Waals surface area contributed by atoms with E-state index in [1.165, 1.54) is 32.8 Å². The Kier molecular flexibility index (Phi) is 2.49. The molecule has 2 heteroatoms. The van der Waals surface area contributed by atoms with Crippen LogP contribution in [0.5, 0.6) is 0 Å². The molecule has 2 nitrogen and oxygen atoms in total. The van der Waals surface area contributed by atoms with Gasteiger partial charge in [0.25, 0.3) is 0 Å². The van der Waals surface area contributed by atoms with Crippen LogP contribution in [0, 0.1) is 0 Å². The Balaban J connectivity index is 2.20. The van der Waals surface area contributed by atoms with Crippen molar-refractivity contribution in [1.82, 2.24) is 9.80 Å². The van der Waals surface area contributed by atoms with Crippen molar-refractivity contribution < 1.29 is 0 Å². The molecule has 0 aromatic rings. The second-order valence-electron chi connectivity index (χ2n) is 2.56. The van der Waals surface area contributed by atoms with Gasteiger partial charge in [0.2, 0.25) is 0 Å². The number of nitrogens with zero attached hydrogens (tertiary/aromatic N) is 2. The summed E-state index contributed by atoms with van der Waals surface area (Å²) in [4.78, 5) is 4.92. The monoisotopic (exact) mass is 128 g/mol. The van der Waals surface area contributed by atoms with Crippen molar-refractivity contribution in [2.24, 2.45) is 0 Å². The van der Waals surface area contributed by atoms with E-state index in [-0.39, 0.29) is 0 Å². The summed E-state index contributed by atoms with van der Waals surface area (Å²) in [6.45, 7) is 10.6. The fourth-order valence-electron chi connectivity index (χ4n) is 1.22. The Morgan fingerprint density at radius 3 is 1.67 bits per heavy atom. The lowest BCUT2D eigenvalue weighted by Gasteiger charge is -2.13. The van der Waals surface area contributed by atoms with Crippen molar-refractivity contribution in [3.8, 4) is 0 Å². The van der Waals surface area contributed by atoms with Gasteiger partial charge in [0.15, 0.2) is 0 Å². The minimum Gasteiger partial charge on any atom is -0.289 e. The first-order chi connectivity index (χ1) is 4.36. The van der Waals surface area contributed by atoms with E-state index in [2.05, 4.69) is 23.6 Å². The van der Waals surface area contributed by atoms with E-state index in [1.54, 1.807) is 0 Å². The summed E-state index contributed by atoms with van der Waals surface area (Å²) in [7, 11) is 0. The van der Waals surface area contributed by atoms with Gasteiger partial charge in [0, 0.05) is 13.1 Å². The highest BCUT2D eigenvalue weighted by atomic mass is 15.4. The van der Waals surface area contributed by atoms with Crippen LogP contribution in [0.25, 0.3) is 0 Å². The third kappa shape index (κ3) is 1.66. The van der Waals surface area contributed by atoms with Crippen molar-refractivity contribution >= 4 is 0 Å². The fraction of sp³-hybridized carbons (Fsp3) is 1.00. The second kappa shape index (κ2) is 3.18. The third-order valence-corrected chi connectivity index (χ3v) is 2.03. The molecule has 0 N–H and O–H groups in total. The lowest BCUT2D eigenvalue weighted by Crippen LogP contribution is -2.24. The van der Waals surface area contributed by atoms with Crippen molar-refractivity contribution in [2.75, 3.05) is 32.8 Å². The maximum absolute atomic E-state index is 2.46. The Hall–Kier alpha value is -0.0800. The van der Waals surface area contributed by atoms with Crippen molar-refractivity contribution in [2.45, 2.75) is 13.8 Å². The van der Waals surface area contributed by atoms with Gasteiger partial charge in [-0.05, 0) is 13.1 Å². The normalized spacial score (nSPS) is 23.3. The van der Waals surface area contributed by atoms with Crippen LogP contribution in [0.15, 0.2) is 0 Å². The number of hydrogen-bond acceptors (Lipinski definition) is 2. The highest BCUT2D eigenvalue weighted by molar-refractivity contribution is 4.67. The molecule has 0 saturated carbocycles. The molecule has 54 valence electrons. The van der Waals surface area contributed by atoms with Crippen LogP contribution in [0.2, 0.25) is 0 Å². The molecular weight excluding hydrogens is 112 g/mol. The van der Waals surface area contributed by atoms with Crippen LogP contribution in [0.1, 0.15) is 13.8 Å². The molecule has 0 atom stereocenters. The third-order valence-electron chi connectivity index (χ3n) is 2.03. The van der Waals surface area contributed by atoms with Crippen LogP contribution in [-0.4, -0.2) is 42.6 Å². The zero-order valence-electron chi connectivity index (χ0n) is 6.43. The van der Waals surface area contributed by atoms with Crippen LogP contribution in [0.3, 0.4) is 0 Å². The van der Waals surface area contributed by atoms with Gasteiger partial charge in [-0.2, -0.15) is 0 Å². The predicted molar refractivity (Wildman–Crippen MR) is 39.4 cm³/mol. The summed E-state index contributed by atoms with van der Waals surface area (Å²) < 4.78 is 0. The first kappa shape index (κ1) is 7.03. The summed E-state index contributed by atoms with van der Waals surface area (Å²) in [5, 5.41) is 0. The summed E-state index contributed by atoms with van der Waals surface area (Å²) in [6, 6.07) is 0. The van der Waals surface area contributed by atoms with Gasteiger partial charge in [-0.25, -0.2) is 0 Å². The van der Waals surface area contributed by atoms with Crippen molar-refractivity contribution in [1.29, 1.82) is 0 Å². The minimum absolute atomic E-state index is 1.19. The molecule has 1 rings (SSSR count). The largest absolute Gasteiger partial charge is 0.289 e. The molecule has 9 heavy (non-hydrogen) atoms.